The minimum Gasteiger partial charge on any atom is -0.490 e. The Morgan fingerprint density at radius 3 is 2.95 bits per heavy atom. The van der Waals surface area contributed by atoms with E-state index >= 15 is 0 Å². The number of thiazole rings is 1. The Labute approximate surface area is 122 Å². The van der Waals surface area contributed by atoms with Gasteiger partial charge in [-0.2, -0.15) is 0 Å². The molecule has 2 aromatic rings. The SMILES string of the molecule is CCNCc1cccc(F)c1OCCc1scnc1C. The lowest BCUT2D eigenvalue weighted by atomic mass is 10.2. The minimum atomic E-state index is -0.304. The Morgan fingerprint density at radius 1 is 1.40 bits per heavy atom. The number of hydrogen-bond acceptors (Lipinski definition) is 4. The van der Waals surface area contributed by atoms with Crippen molar-refractivity contribution >= 4 is 11.3 Å². The topological polar surface area (TPSA) is 34.1 Å². The van der Waals surface area contributed by atoms with Gasteiger partial charge < -0.3 is 10.1 Å². The fourth-order valence-corrected chi connectivity index (χ4v) is 2.69. The van der Waals surface area contributed by atoms with Gasteiger partial charge in [-0.05, 0) is 19.5 Å². The lowest BCUT2D eigenvalue weighted by molar-refractivity contribution is 0.301. The molecule has 2 rings (SSSR count). The van der Waals surface area contributed by atoms with Crippen LogP contribution >= 0.6 is 11.3 Å². The molecular weight excluding hydrogens is 275 g/mol. The number of nitrogens with zero attached hydrogens (tertiary/aromatic N) is 1. The van der Waals surface area contributed by atoms with Crippen molar-refractivity contribution in [3.63, 3.8) is 0 Å². The molecule has 1 aromatic carbocycles. The zero-order valence-electron chi connectivity index (χ0n) is 11.8. The van der Waals surface area contributed by atoms with Gasteiger partial charge in [-0.25, -0.2) is 9.37 Å². The first-order valence-electron chi connectivity index (χ1n) is 6.72. The Kier molecular flexibility index (Phi) is 5.49. The Hall–Kier alpha value is -1.46. The van der Waals surface area contributed by atoms with Crippen LogP contribution in [0.15, 0.2) is 23.7 Å². The number of hydrogen-bond donors (Lipinski definition) is 1. The Balaban J connectivity index is 1.99. The molecule has 0 saturated heterocycles. The van der Waals surface area contributed by atoms with E-state index in [0.29, 0.717) is 18.9 Å². The fraction of sp³-hybridized carbons (Fsp3) is 0.400. The largest absolute Gasteiger partial charge is 0.490 e. The first kappa shape index (κ1) is 14.9. The standard InChI is InChI=1S/C15H19FN2OS/c1-3-17-9-12-5-4-6-13(16)15(12)19-8-7-14-11(2)18-10-20-14/h4-6,10,17H,3,7-9H2,1-2H3. The smallest absolute Gasteiger partial charge is 0.165 e. The maximum absolute atomic E-state index is 13.9. The van der Waals surface area contributed by atoms with E-state index < -0.39 is 0 Å². The molecule has 1 heterocycles. The lowest BCUT2D eigenvalue weighted by Gasteiger charge is -2.12. The number of benzene rings is 1. The highest BCUT2D eigenvalue weighted by atomic mass is 32.1. The highest BCUT2D eigenvalue weighted by Crippen LogP contribution is 2.23. The molecule has 1 N–H and O–H groups in total. The quantitative estimate of drug-likeness (QED) is 0.850. The normalized spacial score (nSPS) is 10.8. The van der Waals surface area contributed by atoms with Crippen molar-refractivity contribution in [1.82, 2.24) is 10.3 Å². The predicted octanol–water partition coefficient (Wildman–Crippen LogP) is 3.32. The third-order valence-electron chi connectivity index (χ3n) is 3.03. The van der Waals surface area contributed by atoms with Crippen LogP contribution in [0.1, 0.15) is 23.1 Å². The average molecular weight is 294 g/mol. The molecule has 0 aliphatic heterocycles. The van der Waals surface area contributed by atoms with Gasteiger partial charge in [0, 0.05) is 23.4 Å². The van der Waals surface area contributed by atoms with Crippen LogP contribution in [0, 0.1) is 12.7 Å². The molecule has 0 spiro atoms. The lowest BCUT2D eigenvalue weighted by Crippen LogP contribution is -2.14. The molecular formula is C15H19FN2OS. The molecule has 0 atom stereocenters. The van der Waals surface area contributed by atoms with Crippen LogP contribution in [-0.2, 0) is 13.0 Å². The molecule has 0 aliphatic carbocycles. The molecule has 5 heteroatoms. The molecule has 0 fully saturated rings. The highest BCUT2D eigenvalue weighted by Gasteiger charge is 2.10. The number of ether oxygens (including phenoxy) is 1. The molecule has 0 amide bonds. The van der Waals surface area contributed by atoms with Crippen LogP contribution in [-0.4, -0.2) is 18.1 Å². The van der Waals surface area contributed by atoms with E-state index in [2.05, 4.69) is 10.3 Å². The second-order valence-corrected chi connectivity index (χ2v) is 5.41. The van der Waals surface area contributed by atoms with Crippen molar-refractivity contribution in [3.8, 4) is 5.75 Å². The van der Waals surface area contributed by atoms with Crippen LogP contribution in [0.2, 0.25) is 0 Å². The number of aryl methyl sites for hydroxylation is 1. The zero-order valence-corrected chi connectivity index (χ0v) is 12.6. The zero-order chi connectivity index (χ0) is 14.4. The first-order chi connectivity index (χ1) is 9.72. The van der Waals surface area contributed by atoms with Crippen LogP contribution in [0.4, 0.5) is 4.39 Å². The molecule has 0 radical (unpaired) electrons. The second-order valence-electron chi connectivity index (χ2n) is 4.47. The molecule has 0 bridgehead atoms. The van der Waals surface area contributed by atoms with Gasteiger partial charge in [0.05, 0.1) is 17.8 Å². The van der Waals surface area contributed by atoms with Crippen molar-refractivity contribution in [3.05, 3.63) is 45.7 Å². The summed E-state index contributed by atoms with van der Waals surface area (Å²) in [5.74, 6) is 0.0528. The molecule has 0 saturated carbocycles. The van der Waals surface area contributed by atoms with E-state index in [-0.39, 0.29) is 5.82 Å². The highest BCUT2D eigenvalue weighted by molar-refractivity contribution is 7.09. The molecule has 0 unspecified atom stereocenters. The first-order valence-corrected chi connectivity index (χ1v) is 7.60. The molecule has 20 heavy (non-hydrogen) atoms. The van der Waals surface area contributed by atoms with Crippen molar-refractivity contribution in [1.29, 1.82) is 0 Å². The Morgan fingerprint density at radius 2 is 2.25 bits per heavy atom. The number of aromatic nitrogens is 1. The molecule has 3 nitrogen and oxygen atoms in total. The minimum absolute atomic E-state index is 0.304. The average Bonchev–Trinajstić information content (AvgIpc) is 2.84. The van der Waals surface area contributed by atoms with E-state index in [1.54, 1.807) is 17.4 Å². The third kappa shape index (κ3) is 3.77. The summed E-state index contributed by atoms with van der Waals surface area (Å²) >= 11 is 1.61. The van der Waals surface area contributed by atoms with E-state index in [1.165, 1.54) is 10.9 Å². The van der Waals surface area contributed by atoms with Gasteiger partial charge in [0.25, 0.3) is 0 Å². The van der Waals surface area contributed by atoms with E-state index in [0.717, 1.165) is 24.2 Å². The number of halogens is 1. The summed E-state index contributed by atoms with van der Waals surface area (Å²) in [5.41, 5.74) is 3.71. The van der Waals surface area contributed by atoms with Gasteiger partial charge in [-0.15, -0.1) is 11.3 Å². The van der Waals surface area contributed by atoms with Gasteiger partial charge in [0.2, 0.25) is 0 Å². The van der Waals surface area contributed by atoms with E-state index in [9.17, 15) is 4.39 Å². The van der Waals surface area contributed by atoms with Crippen molar-refractivity contribution in [2.75, 3.05) is 13.2 Å². The third-order valence-corrected chi connectivity index (χ3v) is 4.03. The summed E-state index contributed by atoms with van der Waals surface area (Å²) in [4.78, 5) is 5.39. The number of para-hydroxylation sites is 1. The molecule has 108 valence electrons. The summed E-state index contributed by atoms with van der Waals surface area (Å²) in [5, 5.41) is 3.19. The summed E-state index contributed by atoms with van der Waals surface area (Å²) in [7, 11) is 0. The maximum Gasteiger partial charge on any atom is 0.165 e. The van der Waals surface area contributed by atoms with Crippen molar-refractivity contribution < 1.29 is 9.13 Å². The van der Waals surface area contributed by atoms with Crippen LogP contribution in [0.25, 0.3) is 0 Å². The van der Waals surface area contributed by atoms with E-state index in [1.807, 2.05) is 25.4 Å². The fourth-order valence-electron chi connectivity index (χ4n) is 1.93. The number of nitrogens with one attached hydrogen (secondary N) is 1. The monoisotopic (exact) mass is 294 g/mol. The summed E-state index contributed by atoms with van der Waals surface area (Å²) in [6.45, 7) is 5.92. The summed E-state index contributed by atoms with van der Waals surface area (Å²) in [6.07, 6.45) is 0.755. The van der Waals surface area contributed by atoms with Gasteiger partial charge in [-0.3, -0.25) is 0 Å². The molecule has 0 aliphatic rings. The second kappa shape index (κ2) is 7.36. The molecule has 1 aromatic heterocycles. The Bertz CT molecular complexity index is 557. The van der Waals surface area contributed by atoms with E-state index in [4.69, 9.17) is 4.74 Å². The van der Waals surface area contributed by atoms with Gasteiger partial charge in [0.15, 0.2) is 11.6 Å². The van der Waals surface area contributed by atoms with Crippen LogP contribution in [0.5, 0.6) is 5.75 Å². The van der Waals surface area contributed by atoms with Crippen LogP contribution < -0.4 is 10.1 Å². The van der Waals surface area contributed by atoms with Gasteiger partial charge in [-0.1, -0.05) is 19.1 Å². The van der Waals surface area contributed by atoms with Crippen molar-refractivity contribution in [2.45, 2.75) is 26.8 Å². The summed E-state index contributed by atoms with van der Waals surface area (Å²) in [6, 6.07) is 5.03. The van der Waals surface area contributed by atoms with Gasteiger partial charge >= 0.3 is 0 Å². The predicted molar refractivity (Wildman–Crippen MR) is 79.8 cm³/mol. The van der Waals surface area contributed by atoms with Gasteiger partial charge in [0.1, 0.15) is 0 Å². The maximum atomic E-state index is 13.9. The number of rotatable bonds is 7. The van der Waals surface area contributed by atoms with Crippen LogP contribution in [0.3, 0.4) is 0 Å². The summed E-state index contributed by atoms with van der Waals surface area (Å²) < 4.78 is 19.5. The van der Waals surface area contributed by atoms with Crippen molar-refractivity contribution in [2.24, 2.45) is 0 Å².